The average Bonchev–Trinajstić information content (AvgIpc) is 3.48. The minimum Gasteiger partial charge on any atom is -0.306 e. The molecular weight excluding hydrogens is 480 g/mol. The van der Waals surface area contributed by atoms with Gasteiger partial charge in [-0.1, -0.05) is 19.9 Å². The van der Waals surface area contributed by atoms with Crippen LogP contribution in [0, 0.1) is 0 Å². The Morgan fingerprint density at radius 2 is 1.92 bits per heavy atom. The van der Waals surface area contributed by atoms with Crippen molar-refractivity contribution in [2.45, 2.75) is 38.5 Å². The second-order valence-corrected chi connectivity index (χ2v) is 11.3. The number of nitrogens with zero attached hydrogens (tertiary/aromatic N) is 7. The summed E-state index contributed by atoms with van der Waals surface area (Å²) in [6.07, 6.45) is 9.16. The number of carbonyl (C=O) groups excluding carboxylic acids is 1. The quantitative estimate of drug-likeness (QED) is 0.424. The molecule has 0 spiro atoms. The first-order chi connectivity index (χ1) is 17.2. The highest BCUT2D eigenvalue weighted by Gasteiger charge is 2.28. The van der Waals surface area contributed by atoms with Crippen molar-refractivity contribution in [1.29, 1.82) is 0 Å². The van der Waals surface area contributed by atoms with E-state index in [4.69, 9.17) is 5.10 Å². The van der Waals surface area contributed by atoms with E-state index in [0.29, 0.717) is 54.7 Å². The Bertz CT molecular complexity index is 1500. The predicted octanol–water partition coefficient (Wildman–Crippen LogP) is 2.82. The van der Waals surface area contributed by atoms with Gasteiger partial charge in [-0.2, -0.15) is 14.9 Å². The number of sulfonamides is 1. The summed E-state index contributed by atoms with van der Waals surface area (Å²) in [4.78, 5) is 22.1. The Kier molecular flexibility index (Phi) is 6.31. The van der Waals surface area contributed by atoms with Gasteiger partial charge in [-0.15, -0.1) is 0 Å². The lowest BCUT2D eigenvalue weighted by atomic mass is 9.95. The molecule has 1 fully saturated rings. The largest absolute Gasteiger partial charge is 0.306 e. The van der Waals surface area contributed by atoms with Crippen molar-refractivity contribution in [2.75, 3.05) is 24.7 Å². The fourth-order valence-corrected chi connectivity index (χ4v) is 5.26. The van der Waals surface area contributed by atoms with Crippen LogP contribution in [0.2, 0.25) is 0 Å². The molecule has 0 aromatic carbocycles. The van der Waals surface area contributed by atoms with Crippen LogP contribution in [0.4, 0.5) is 5.82 Å². The Labute approximate surface area is 209 Å². The molecule has 188 valence electrons. The lowest BCUT2D eigenvalue weighted by molar-refractivity contribution is 0.102. The lowest BCUT2D eigenvalue weighted by Crippen LogP contribution is -2.37. The standard InChI is InChI=1S/C24H28N8O3S/c1-16(2)18-5-6-21(26-14-18)32-22(28-24(33)19-15-27-31-10-4-9-25-23(19)31)13-20(29-32)17-7-11-30(12-8-17)36(3,34)35/h4-6,9-10,13-17H,7-8,11-12H2,1-3H3,(H,28,33). The van der Waals surface area contributed by atoms with E-state index in [2.05, 4.69) is 34.2 Å². The third kappa shape index (κ3) is 4.73. The molecule has 36 heavy (non-hydrogen) atoms. The number of hydrogen-bond donors (Lipinski definition) is 1. The van der Waals surface area contributed by atoms with Crippen molar-refractivity contribution in [2.24, 2.45) is 0 Å². The molecule has 0 saturated carbocycles. The van der Waals surface area contributed by atoms with E-state index in [9.17, 15) is 13.2 Å². The van der Waals surface area contributed by atoms with E-state index in [1.165, 1.54) is 16.8 Å². The number of amides is 1. The van der Waals surface area contributed by atoms with Gasteiger partial charge < -0.3 is 5.32 Å². The minimum absolute atomic E-state index is 0.0634. The normalized spacial score (nSPS) is 15.6. The van der Waals surface area contributed by atoms with Gasteiger partial charge in [0, 0.05) is 43.7 Å². The summed E-state index contributed by atoms with van der Waals surface area (Å²) >= 11 is 0. The fraction of sp³-hybridized carbons (Fsp3) is 0.375. The number of fused-ring (bicyclic) bond motifs is 1. The highest BCUT2D eigenvalue weighted by molar-refractivity contribution is 7.88. The summed E-state index contributed by atoms with van der Waals surface area (Å²) in [5.41, 5.74) is 2.68. The highest BCUT2D eigenvalue weighted by atomic mass is 32.2. The molecule has 5 rings (SSSR count). The molecule has 1 amide bonds. The smallest absolute Gasteiger partial charge is 0.262 e. The maximum atomic E-state index is 13.2. The molecule has 1 aliphatic heterocycles. The number of anilines is 1. The molecule has 0 bridgehead atoms. The van der Waals surface area contributed by atoms with Crippen LogP contribution in [0.1, 0.15) is 60.1 Å². The molecule has 0 radical (unpaired) electrons. The van der Waals surface area contributed by atoms with Crippen LogP contribution < -0.4 is 5.32 Å². The monoisotopic (exact) mass is 508 g/mol. The number of nitrogens with one attached hydrogen (secondary N) is 1. The van der Waals surface area contributed by atoms with Gasteiger partial charge in [-0.3, -0.25) is 4.79 Å². The van der Waals surface area contributed by atoms with Crippen LogP contribution in [-0.2, 0) is 10.0 Å². The average molecular weight is 509 g/mol. The molecule has 4 aromatic heterocycles. The molecule has 5 heterocycles. The number of carbonyl (C=O) groups is 1. The SMILES string of the molecule is CC(C)c1ccc(-n2nc(C3CCN(S(C)(=O)=O)CC3)cc2NC(=O)c2cnn3cccnc23)nc1. The molecule has 11 nitrogen and oxygen atoms in total. The molecule has 1 aliphatic rings. The Hall–Kier alpha value is -3.64. The Morgan fingerprint density at radius 1 is 1.14 bits per heavy atom. The molecule has 1 N–H and O–H groups in total. The maximum Gasteiger partial charge on any atom is 0.262 e. The molecule has 0 atom stereocenters. The molecular formula is C24H28N8O3S. The van der Waals surface area contributed by atoms with Gasteiger partial charge in [0.25, 0.3) is 5.91 Å². The van der Waals surface area contributed by atoms with E-state index in [1.54, 1.807) is 27.7 Å². The number of aromatic nitrogens is 6. The lowest BCUT2D eigenvalue weighted by Gasteiger charge is -2.29. The number of piperidine rings is 1. The van der Waals surface area contributed by atoms with Crippen LogP contribution in [0.3, 0.4) is 0 Å². The fourth-order valence-electron chi connectivity index (χ4n) is 4.38. The first-order valence-corrected chi connectivity index (χ1v) is 13.7. The van der Waals surface area contributed by atoms with Gasteiger partial charge in [0.1, 0.15) is 11.4 Å². The Balaban J connectivity index is 1.47. The van der Waals surface area contributed by atoms with Crippen molar-refractivity contribution >= 4 is 27.4 Å². The topological polar surface area (TPSA) is 127 Å². The summed E-state index contributed by atoms with van der Waals surface area (Å²) in [6.45, 7) is 5.07. The molecule has 12 heteroatoms. The van der Waals surface area contributed by atoms with Crippen molar-refractivity contribution in [3.63, 3.8) is 0 Å². The van der Waals surface area contributed by atoms with Gasteiger partial charge >= 0.3 is 0 Å². The van der Waals surface area contributed by atoms with Gasteiger partial charge in [0.05, 0.1) is 18.1 Å². The van der Waals surface area contributed by atoms with Gasteiger partial charge in [-0.05, 0) is 36.5 Å². The predicted molar refractivity (Wildman–Crippen MR) is 135 cm³/mol. The third-order valence-electron chi connectivity index (χ3n) is 6.49. The van der Waals surface area contributed by atoms with E-state index < -0.39 is 10.0 Å². The summed E-state index contributed by atoms with van der Waals surface area (Å²) < 4.78 is 28.5. The summed E-state index contributed by atoms with van der Waals surface area (Å²) in [6, 6.07) is 7.46. The van der Waals surface area contributed by atoms with Crippen molar-refractivity contribution in [3.05, 3.63) is 65.9 Å². The Morgan fingerprint density at radius 3 is 2.58 bits per heavy atom. The zero-order valence-electron chi connectivity index (χ0n) is 20.4. The van der Waals surface area contributed by atoms with Crippen LogP contribution in [0.15, 0.2) is 49.1 Å². The summed E-state index contributed by atoms with van der Waals surface area (Å²) in [5, 5.41) is 12.0. The van der Waals surface area contributed by atoms with E-state index >= 15 is 0 Å². The maximum absolute atomic E-state index is 13.2. The van der Waals surface area contributed by atoms with E-state index in [1.807, 2.05) is 24.4 Å². The second kappa shape index (κ2) is 9.43. The third-order valence-corrected chi connectivity index (χ3v) is 7.79. The van der Waals surface area contributed by atoms with Gasteiger partial charge in [-0.25, -0.2) is 27.2 Å². The summed E-state index contributed by atoms with van der Waals surface area (Å²) in [7, 11) is -3.22. The van der Waals surface area contributed by atoms with Crippen molar-refractivity contribution in [1.82, 2.24) is 33.7 Å². The first-order valence-electron chi connectivity index (χ1n) is 11.8. The van der Waals surface area contributed by atoms with Gasteiger partial charge in [0.15, 0.2) is 11.5 Å². The summed E-state index contributed by atoms with van der Waals surface area (Å²) in [5.74, 6) is 1.09. The number of pyridine rings is 1. The van der Waals surface area contributed by atoms with Crippen LogP contribution in [-0.4, -0.2) is 67.3 Å². The van der Waals surface area contributed by atoms with Gasteiger partial charge in [0.2, 0.25) is 10.0 Å². The molecule has 0 unspecified atom stereocenters. The number of rotatable bonds is 6. The zero-order valence-corrected chi connectivity index (χ0v) is 21.2. The van der Waals surface area contributed by atoms with Crippen LogP contribution >= 0.6 is 0 Å². The van der Waals surface area contributed by atoms with Crippen molar-refractivity contribution < 1.29 is 13.2 Å². The molecule has 4 aromatic rings. The highest BCUT2D eigenvalue weighted by Crippen LogP contribution is 2.31. The van der Waals surface area contributed by atoms with Crippen molar-refractivity contribution in [3.8, 4) is 5.82 Å². The second-order valence-electron chi connectivity index (χ2n) is 9.31. The number of hydrogen-bond acceptors (Lipinski definition) is 7. The van der Waals surface area contributed by atoms with Crippen LogP contribution in [0.25, 0.3) is 11.5 Å². The first kappa shape index (κ1) is 24.1. The minimum atomic E-state index is -3.22. The van der Waals surface area contributed by atoms with E-state index in [-0.39, 0.29) is 11.8 Å². The van der Waals surface area contributed by atoms with Crippen LogP contribution in [0.5, 0.6) is 0 Å². The zero-order chi connectivity index (χ0) is 25.4. The van der Waals surface area contributed by atoms with E-state index in [0.717, 1.165) is 11.3 Å². The molecule has 1 saturated heterocycles. The molecule has 0 aliphatic carbocycles.